The quantitative estimate of drug-likeness (QED) is 0.149. The molecule has 0 saturated heterocycles. The van der Waals surface area contributed by atoms with Gasteiger partial charge in [-0.3, -0.25) is 9.67 Å². The lowest BCUT2D eigenvalue weighted by atomic mass is 10.1. The Morgan fingerprint density at radius 2 is 1.39 bits per heavy atom. The number of ether oxygens (including phenoxy) is 1. The van der Waals surface area contributed by atoms with Gasteiger partial charge in [-0.05, 0) is 77.7 Å². The van der Waals surface area contributed by atoms with Crippen LogP contribution in [0.5, 0.6) is 5.75 Å². The topological polar surface area (TPSA) is 122 Å². The van der Waals surface area contributed by atoms with E-state index in [1.165, 1.54) is 0 Å². The van der Waals surface area contributed by atoms with E-state index in [4.69, 9.17) is 4.74 Å². The van der Waals surface area contributed by atoms with Crippen molar-refractivity contribution in [1.29, 1.82) is 0 Å². The average molecular weight is 614 g/mol. The smallest absolute Gasteiger partial charge is 0.323 e. The van der Waals surface area contributed by atoms with E-state index in [0.717, 1.165) is 45.7 Å². The summed E-state index contributed by atoms with van der Waals surface area (Å²) in [6, 6.07) is 29.7. The second-order valence-electron chi connectivity index (χ2n) is 10.4. The van der Waals surface area contributed by atoms with E-state index in [2.05, 4.69) is 37.4 Å². The number of nitrogens with zero attached hydrogens (tertiary/aromatic N) is 3. The summed E-state index contributed by atoms with van der Waals surface area (Å²) < 4.78 is 6.96. The molecule has 46 heavy (non-hydrogen) atoms. The highest BCUT2D eigenvalue weighted by molar-refractivity contribution is 6.11. The molecule has 4 aromatic carbocycles. The molecule has 2 heterocycles. The predicted molar refractivity (Wildman–Crippen MR) is 186 cm³/mol. The zero-order chi connectivity index (χ0) is 32.3. The number of hydrogen-bond acceptors (Lipinski definition) is 5. The Kier molecular flexibility index (Phi) is 10.2. The lowest BCUT2D eigenvalue weighted by Crippen LogP contribution is -2.19. The van der Waals surface area contributed by atoms with Crippen LogP contribution in [0.2, 0.25) is 0 Å². The molecule has 10 nitrogen and oxygen atoms in total. The third-order valence-corrected chi connectivity index (χ3v) is 6.94. The lowest BCUT2D eigenvalue weighted by Gasteiger charge is -2.11. The van der Waals surface area contributed by atoms with Gasteiger partial charge in [-0.2, -0.15) is 5.10 Å². The minimum absolute atomic E-state index is 0.250. The van der Waals surface area contributed by atoms with Gasteiger partial charge in [-0.1, -0.05) is 54.6 Å². The molecular formula is C36H35N7O3. The van der Waals surface area contributed by atoms with Gasteiger partial charge in [0.05, 0.1) is 25.5 Å². The molecule has 0 atom stereocenters. The lowest BCUT2D eigenvalue weighted by molar-refractivity contribution is 0.261. The Morgan fingerprint density at radius 1 is 0.739 bits per heavy atom. The molecule has 10 heteroatoms. The molecular weight excluding hydrogens is 578 g/mol. The molecule has 0 unspecified atom stereocenters. The van der Waals surface area contributed by atoms with Crippen LogP contribution < -0.4 is 26.0 Å². The number of methoxy groups -OCH3 is 1. The van der Waals surface area contributed by atoms with E-state index in [1.807, 2.05) is 111 Å². The maximum atomic E-state index is 12.1. The Hall–Kier alpha value is -6.16. The summed E-state index contributed by atoms with van der Waals surface area (Å²) in [6.45, 7) is 2.73. The third kappa shape index (κ3) is 8.70. The molecule has 0 aliphatic carbocycles. The molecule has 0 radical (unpaired) electrons. The van der Waals surface area contributed by atoms with Crippen molar-refractivity contribution in [2.75, 3.05) is 34.9 Å². The zero-order valence-electron chi connectivity index (χ0n) is 25.8. The summed E-state index contributed by atoms with van der Waals surface area (Å²) in [6.07, 6.45) is 7.69. The normalized spacial score (nSPS) is 11.5. The van der Waals surface area contributed by atoms with Gasteiger partial charge in [0.15, 0.2) is 0 Å². The molecule has 4 amide bonds. The van der Waals surface area contributed by atoms with E-state index in [9.17, 15) is 9.59 Å². The van der Waals surface area contributed by atoms with Gasteiger partial charge in [0, 0.05) is 42.1 Å². The summed E-state index contributed by atoms with van der Waals surface area (Å²) in [4.78, 5) is 28.3. The van der Waals surface area contributed by atoms with Crippen LogP contribution in [0.25, 0.3) is 16.7 Å². The molecule has 0 fully saturated rings. The molecule has 1 aromatic heterocycles. The van der Waals surface area contributed by atoms with Crippen molar-refractivity contribution in [3.8, 4) is 16.9 Å². The minimum atomic E-state index is -0.325. The summed E-state index contributed by atoms with van der Waals surface area (Å²) in [5.41, 5.74) is 8.25. The molecule has 5 aromatic rings. The first kappa shape index (κ1) is 31.3. The van der Waals surface area contributed by atoms with Crippen molar-refractivity contribution in [2.24, 2.45) is 12.0 Å². The van der Waals surface area contributed by atoms with E-state index >= 15 is 0 Å². The van der Waals surface area contributed by atoms with E-state index in [-0.39, 0.29) is 12.1 Å². The number of allylic oxidation sites excluding steroid dienone is 1. The molecule has 6 rings (SSSR count). The van der Waals surface area contributed by atoms with Gasteiger partial charge in [0.2, 0.25) is 0 Å². The van der Waals surface area contributed by atoms with Crippen LogP contribution in [0.1, 0.15) is 11.1 Å². The van der Waals surface area contributed by atoms with Gasteiger partial charge in [0.25, 0.3) is 0 Å². The molecule has 232 valence electrons. The number of amides is 4. The van der Waals surface area contributed by atoms with Crippen LogP contribution in [0.15, 0.2) is 121 Å². The fourth-order valence-corrected chi connectivity index (χ4v) is 4.66. The number of para-hydroxylation sites is 2. The minimum Gasteiger partial charge on any atom is -0.495 e. The van der Waals surface area contributed by atoms with E-state index in [0.29, 0.717) is 17.1 Å². The number of aliphatic imine (C=N–C) groups is 1. The average Bonchev–Trinajstić information content (AvgIpc) is 3.75. The molecule has 4 N–H and O–H groups in total. The number of carbonyl (C=O) groups is 2. The second-order valence-corrected chi connectivity index (χ2v) is 10.4. The predicted octanol–water partition coefficient (Wildman–Crippen LogP) is 7.85. The SMILES string of the molecule is COc1ccccc1NC(=O)Nc1ccc(-c2cnn(C)c2)cc1.Cc1cccc(NC(=O)Nc2ccc(C3=CCN=C3)cc2)c1. The van der Waals surface area contributed by atoms with Crippen molar-refractivity contribution in [3.05, 3.63) is 127 Å². The van der Waals surface area contributed by atoms with Crippen LogP contribution >= 0.6 is 0 Å². The monoisotopic (exact) mass is 613 g/mol. The molecule has 0 spiro atoms. The largest absolute Gasteiger partial charge is 0.495 e. The number of hydrogen-bond donors (Lipinski definition) is 4. The van der Waals surface area contributed by atoms with Crippen molar-refractivity contribution in [3.63, 3.8) is 0 Å². The van der Waals surface area contributed by atoms with Gasteiger partial charge in [-0.15, -0.1) is 0 Å². The van der Waals surface area contributed by atoms with Crippen LogP contribution in [-0.2, 0) is 7.05 Å². The van der Waals surface area contributed by atoms with Crippen molar-refractivity contribution in [1.82, 2.24) is 9.78 Å². The first-order valence-corrected chi connectivity index (χ1v) is 14.6. The van der Waals surface area contributed by atoms with E-state index < -0.39 is 0 Å². The fraction of sp³-hybridized carbons (Fsp3) is 0.111. The van der Waals surface area contributed by atoms with Crippen molar-refractivity contribution >= 4 is 46.6 Å². The summed E-state index contributed by atoms with van der Waals surface area (Å²) in [7, 11) is 3.44. The summed E-state index contributed by atoms with van der Waals surface area (Å²) in [5.74, 6) is 0.611. The Balaban J connectivity index is 0.000000182. The fourth-order valence-electron chi connectivity index (χ4n) is 4.66. The number of carbonyl (C=O) groups excluding carboxylic acids is 2. The van der Waals surface area contributed by atoms with Gasteiger partial charge in [0.1, 0.15) is 5.75 Å². The highest BCUT2D eigenvalue weighted by atomic mass is 16.5. The zero-order valence-corrected chi connectivity index (χ0v) is 25.8. The number of anilines is 4. The number of aromatic nitrogens is 2. The van der Waals surface area contributed by atoms with Gasteiger partial charge < -0.3 is 26.0 Å². The van der Waals surface area contributed by atoms with Crippen LogP contribution in [-0.4, -0.2) is 41.7 Å². The molecule has 0 saturated carbocycles. The number of urea groups is 2. The van der Waals surface area contributed by atoms with E-state index in [1.54, 1.807) is 30.1 Å². The van der Waals surface area contributed by atoms with Crippen LogP contribution in [0.3, 0.4) is 0 Å². The number of rotatable bonds is 7. The summed E-state index contributed by atoms with van der Waals surface area (Å²) in [5, 5.41) is 15.4. The van der Waals surface area contributed by atoms with Crippen molar-refractivity contribution < 1.29 is 14.3 Å². The molecule has 0 bridgehead atoms. The third-order valence-electron chi connectivity index (χ3n) is 6.94. The highest BCUT2D eigenvalue weighted by Crippen LogP contribution is 2.24. The highest BCUT2D eigenvalue weighted by Gasteiger charge is 2.08. The number of benzene rings is 4. The number of aryl methyl sites for hydroxylation is 2. The standard InChI is InChI=1S/C18H18N4O2.C18H17N3O/c1-22-12-14(11-19-22)13-7-9-15(10-8-13)20-18(23)21-16-5-3-4-6-17(16)24-2;1-13-3-2-4-17(11-13)21-18(22)20-16-7-5-14(6-8-16)15-9-10-19-12-15/h3-12H,1-2H3,(H2,20,21,23);2-9,11-12H,10H2,1H3,(H2,20,21,22). The van der Waals surface area contributed by atoms with Crippen molar-refractivity contribution in [2.45, 2.75) is 6.92 Å². The van der Waals surface area contributed by atoms with Crippen LogP contribution in [0.4, 0.5) is 32.3 Å². The molecule has 1 aliphatic heterocycles. The number of nitrogens with one attached hydrogen (secondary N) is 4. The Bertz CT molecular complexity index is 1860. The Morgan fingerprint density at radius 3 is 2.00 bits per heavy atom. The van der Waals surface area contributed by atoms with Crippen LogP contribution in [0, 0.1) is 6.92 Å². The second kappa shape index (κ2) is 15.0. The van der Waals surface area contributed by atoms with Gasteiger partial charge in [-0.25, -0.2) is 9.59 Å². The summed E-state index contributed by atoms with van der Waals surface area (Å²) >= 11 is 0. The first-order chi connectivity index (χ1) is 22.4. The first-order valence-electron chi connectivity index (χ1n) is 14.6. The molecule has 1 aliphatic rings. The maximum Gasteiger partial charge on any atom is 0.323 e. The van der Waals surface area contributed by atoms with Gasteiger partial charge >= 0.3 is 12.1 Å². The Labute approximate surface area is 267 Å². The maximum absolute atomic E-state index is 12.1.